The molecule has 1 aromatic rings. The summed E-state index contributed by atoms with van der Waals surface area (Å²) in [5.74, 6) is 2.98. The molecule has 6 nitrogen and oxygen atoms in total. The lowest BCUT2D eigenvalue weighted by molar-refractivity contribution is 0.0377. The number of aliphatic imine (C=N–C) groups is 1. The molecule has 7 heteroatoms. The van der Waals surface area contributed by atoms with Crippen LogP contribution in [0.15, 0.2) is 27.8 Å². The van der Waals surface area contributed by atoms with Crippen molar-refractivity contribution in [2.75, 3.05) is 64.5 Å². The Labute approximate surface area is 149 Å². The smallest absolute Gasteiger partial charge is 0.191 e. The molecule has 0 atom stereocenters. The van der Waals surface area contributed by atoms with E-state index in [1.54, 1.807) is 6.26 Å². The van der Waals surface area contributed by atoms with Crippen LogP contribution in [0.2, 0.25) is 0 Å². The normalized spacial score (nSPS) is 16.3. The zero-order chi connectivity index (χ0) is 16.9. The van der Waals surface area contributed by atoms with Crippen molar-refractivity contribution in [2.24, 2.45) is 4.99 Å². The predicted octanol–water partition coefficient (Wildman–Crippen LogP) is 1.44. The van der Waals surface area contributed by atoms with Gasteiger partial charge in [-0.25, -0.2) is 0 Å². The van der Waals surface area contributed by atoms with Crippen molar-refractivity contribution in [2.45, 2.75) is 12.8 Å². The molecule has 0 bridgehead atoms. The van der Waals surface area contributed by atoms with E-state index >= 15 is 0 Å². The summed E-state index contributed by atoms with van der Waals surface area (Å²) in [6.45, 7) is 7.50. The van der Waals surface area contributed by atoms with Gasteiger partial charge < -0.3 is 19.8 Å². The standard InChI is InChI=1S/C17H30N4O2S/c1-24-15-8-20-17(19-7-5-16-4-2-12-23-16)18-6-3-9-21-10-13-22-14-11-21/h2,4,12H,3,5-11,13-15H2,1H3,(H2,18,19,20). The third-order valence-electron chi connectivity index (χ3n) is 3.85. The SMILES string of the molecule is CSCCNC(=NCCCN1CCOCC1)NCCc1ccco1. The number of hydrogen-bond donors (Lipinski definition) is 2. The minimum absolute atomic E-state index is 0.822. The van der Waals surface area contributed by atoms with E-state index < -0.39 is 0 Å². The largest absolute Gasteiger partial charge is 0.469 e. The van der Waals surface area contributed by atoms with Crippen molar-refractivity contribution in [3.63, 3.8) is 0 Å². The predicted molar refractivity (Wildman–Crippen MR) is 101 cm³/mol. The van der Waals surface area contributed by atoms with E-state index in [0.717, 1.165) is 82.8 Å². The number of guanidine groups is 1. The van der Waals surface area contributed by atoms with Crippen LogP contribution >= 0.6 is 11.8 Å². The second-order valence-corrected chi connectivity index (χ2v) is 6.70. The van der Waals surface area contributed by atoms with Gasteiger partial charge in [0.1, 0.15) is 5.76 Å². The van der Waals surface area contributed by atoms with Gasteiger partial charge in [0.25, 0.3) is 0 Å². The van der Waals surface area contributed by atoms with Gasteiger partial charge in [0.2, 0.25) is 0 Å². The summed E-state index contributed by atoms with van der Waals surface area (Å²) in [6.07, 6.45) is 5.77. The summed E-state index contributed by atoms with van der Waals surface area (Å²) >= 11 is 1.83. The first-order chi connectivity index (χ1) is 11.9. The quantitative estimate of drug-likeness (QED) is 0.377. The minimum Gasteiger partial charge on any atom is -0.469 e. The van der Waals surface area contributed by atoms with Gasteiger partial charge in [0.15, 0.2) is 5.96 Å². The molecule has 2 N–H and O–H groups in total. The van der Waals surface area contributed by atoms with Gasteiger partial charge in [-0.2, -0.15) is 11.8 Å². The molecule has 0 aromatic carbocycles. The van der Waals surface area contributed by atoms with E-state index in [1.165, 1.54) is 0 Å². The summed E-state index contributed by atoms with van der Waals surface area (Å²) in [5, 5.41) is 6.78. The lowest BCUT2D eigenvalue weighted by atomic mass is 10.3. The third kappa shape index (κ3) is 8.08. The Morgan fingerprint density at radius 3 is 2.88 bits per heavy atom. The van der Waals surface area contributed by atoms with Crippen LogP contribution in [0.25, 0.3) is 0 Å². The van der Waals surface area contributed by atoms with Gasteiger partial charge in [0, 0.05) is 51.4 Å². The van der Waals surface area contributed by atoms with Crippen LogP contribution in [0.1, 0.15) is 12.2 Å². The summed E-state index contributed by atoms with van der Waals surface area (Å²) in [6, 6.07) is 3.93. The lowest BCUT2D eigenvalue weighted by Gasteiger charge is -2.26. The number of nitrogens with one attached hydrogen (secondary N) is 2. The Morgan fingerprint density at radius 2 is 2.12 bits per heavy atom. The van der Waals surface area contributed by atoms with Gasteiger partial charge in [-0.1, -0.05) is 0 Å². The van der Waals surface area contributed by atoms with E-state index in [9.17, 15) is 0 Å². The molecule has 1 aliphatic rings. The average molecular weight is 355 g/mol. The van der Waals surface area contributed by atoms with Crippen LogP contribution in [0.4, 0.5) is 0 Å². The van der Waals surface area contributed by atoms with Gasteiger partial charge >= 0.3 is 0 Å². The van der Waals surface area contributed by atoms with Crippen LogP contribution in [0.5, 0.6) is 0 Å². The minimum atomic E-state index is 0.822. The summed E-state index contributed by atoms with van der Waals surface area (Å²) in [4.78, 5) is 7.14. The molecule has 2 heterocycles. The molecule has 1 saturated heterocycles. The topological polar surface area (TPSA) is 62.0 Å². The number of morpholine rings is 1. The van der Waals surface area contributed by atoms with E-state index in [2.05, 4.69) is 21.8 Å². The fourth-order valence-corrected chi connectivity index (χ4v) is 2.82. The Kier molecular flexibility index (Phi) is 9.75. The van der Waals surface area contributed by atoms with Crippen molar-refractivity contribution in [3.05, 3.63) is 24.2 Å². The molecule has 1 aliphatic heterocycles. The molecule has 24 heavy (non-hydrogen) atoms. The molecule has 0 unspecified atom stereocenters. The molecule has 0 aliphatic carbocycles. The number of ether oxygens (including phenoxy) is 1. The molecule has 1 aromatic heterocycles. The van der Waals surface area contributed by atoms with Gasteiger partial charge in [-0.05, 0) is 24.8 Å². The van der Waals surface area contributed by atoms with Gasteiger partial charge in [0.05, 0.1) is 19.5 Å². The molecule has 0 saturated carbocycles. The summed E-state index contributed by atoms with van der Waals surface area (Å²) < 4.78 is 10.7. The Balaban J connectivity index is 1.66. The maximum atomic E-state index is 5.38. The fraction of sp³-hybridized carbons (Fsp3) is 0.706. The Morgan fingerprint density at radius 1 is 1.29 bits per heavy atom. The molecule has 136 valence electrons. The highest BCUT2D eigenvalue weighted by molar-refractivity contribution is 7.98. The zero-order valence-electron chi connectivity index (χ0n) is 14.6. The molecule has 0 radical (unpaired) electrons. The van der Waals surface area contributed by atoms with Crippen LogP contribution < -0.4 is 10.6 Å². The van der Waals surface area contributed by atoms with Crippen molar-refractivity contribution in [1.82, 2.24) is 15.5 Å². The highest BCUT2D eigenvalue weighted by Gasteiger charge is 2.09. The van der Waals surface area contributed by atoms with E-state index in [-0.39, 0.29) is 0 Å². The van der Waals surface area contributed by atoms with Crippen molar-refractivity contribution in [3.8, 4) is 0 Å². The molecule has 1 fully saturated rings. The molecule has 2 rings (SSSR count). The zero-order valence-corrected chi connectivity index (χ0v) is 15.4. The van der Waals surface area contributed by atoms with E-state index in [1.807, 2.05) is 23.9 Å². The number of thioether (sulfide) groups is 1. The number of furan rings is 1. The summed E-state index contributed by atoms with van der Waals surface area (Å²) in [7, 11) is 0. The second-order valence-electron chi connectivity index (χ2n) is 5.71. The van der Waals surface area contributed by atoms with Crippen molar-refractivity contribution < 1.29 is 9.15 Å². The number of hydrogen-bond acceptors (Lipinski definition) is 5. The van der Waals surface area contributed by atoms with Gasteiger partial charge in [-0.15, -0.1) is 0 Å². The van der Waals surface area contributed by atoms with E-state index in [0.29, 0.717) is 0 Å². The molecule has 0 amide bonds. The van der Waals surface area contributed by atoms with Crippen molar-refractivity contribution in [1.29, 1.82) is 0 Å². The first kappa shape index (κ1) is 19.1. The first-order valence-corrected chi connectivity index (χ1v) is 10.1. The Hall–Kier alpha value is -1.18. The van der Waals surface area contributed by atoms with Crippen LogP contribution in [0.3, 0.4) is 0 Å². The number of nitrogens with zero attached hydrogens (tertiary/aromatic N) is 2. The maximum Gasteiger partial charge on any atom is 0.191 e. The number of rotatable bonds is 10. The van der Waals surface area contributed by atoms with Crippen LogP contribution in [-0.2, 0) is 11.2 Å². The summed E-state index contributed by atoms with van der Waals surface area (Å²) in [5.41, 5.74) is 0. The van der Waals surface area contributed by atoms with Crippen molar-refractivity contribution >= 4 is 17.7 Å². The molecular formula is C17H30N4O2S. The second kappa shape index (κ2) is 12.2. The molecular weight excluding hydrogens is 324 g/mol. The molecule has 0 spiro atoms. The first-order valence-electron chi connectivity index (χ1n) is 8.72. The maximum absolute atomic E-state index is 5.38. The lowest BCUT2D eigenvalue weighted by Crippen LogP contribution is -2.40. The van der Waals surface area contributed by atoms with Crippen LogP contribution in [0, 0.1) is 0 Å². The van der Waals surface area contributed by atoms with Gasteiger partial charge in [-0.3, -0.25) is 9.89 Å². The monoisotopic (exact) mass is 354 g/mol. The third-order valence-corrected chi connectivity index (χ3v) is 4.46. The van der Waals surface area contributed by atoms with Crippen LogP contribution in [-0.4, -0.2) is 75.4 Å². The fourth-order valence-electron chi connectivity index (χ4n) is 2.51. The highest BCUT2D eigenvalue weighted by atomic mass is 32.2. The highest BCUT2D eigenvalue weighted by Crippen LogP contribution is 2.00. The average Bonchev–Trinajstić information content (AvgIpc) is 3.13. The Bertz CT molecular complexity index is 447. The van der Waals surface area contributed by atoms with E-state index in [4.69, 9.17) is 14.1 Å².